The van der Waals surface area contributed by atoms with Crippen molar-refractivity contribution in [1.82, 2.24) is 15.3 Å². The molecule has 1 aliphatic heterocycles. The lowest BCUT2D eigenvalue weighted by Gasteiger charge is -2.34. The van der Waals surface area contributed by atoms with E-state index in [1.165, 1.54) is 0 Å². The quantitative estimate of drug-likeness (QED) is 0.620. The van der Waals surface area contributed by atoms with Gasteiger partial charge in [0, 0.05) is 35.7 Å². The Hall–Kier alpha value is -2.72. The standard InChI is InChI=1S/C24H31N5O4S/c1-3-34(31,32)24(10-11-24)20-14-21(29-12-13-33-15-16(29)2)28-22(27-20)17-4-6-18(7-5-17)25-23(30)26-19-8-9-19/h4-7,14,16,19H,3,8-13,15H2,1-2H3,(H2,25,26,30)/t16-/m0/s1. The van der Waals surface area contributed by atoms with Gasteiger partial charge in [0.15, 0.2) is 15.7 Å². The third-order valence-corrected chi connectivity index (χ3v) is 9.40. The van der Waals surface area contributed by atoms with E-state index in [2.05, 4.69) is 22.5 Å². The number of amides is 2. The molecule has 3 aliphatic rings. The van der Waals surface area contributed by atoms with Crippen molar-refractivity contribution in [3.8, 4) is 11.4 Å². The van der Waals surface area contributed by atoms with E-state index >= 15 is 0 Å². The Kier molecular flexibility index (Phi) is 5.97. The molecule has 182 valence electrons. The molecule has 2 N–H and O–H groups in total. The van der Waals surface area contributed by atoms with Gasteiger partial charge in [0.05, 0.1) is 24.9 Å². The Morgan fingerprint density at radius 1 is 1.21 bits per heavy atom. The number of anilines is 2. The Labute approximate surface area is 200 Å². The van der Waals surface area contributed by atoms with Gasteiger partial charge >= 0.3 is 6.03 Å². The van der Waals surface area contributed by atoms with Gasteiger partial charge in [0.25, 0.3) is 0 Å². The minimum absolute atomic E-state index is 0.0823. The normalized spacial score (nSPS) is 21.7. The molecule has 0 spiro atoms. The van der Waals surface area contributed by atoms with Crippen molar-refractivity contribution in [2.45, 2.75) is 56.4 Å². The van der Waals surface area contributed by atoms with Gasteiger partial charge in [-0.1, -0.05) is 6.92 Å². The lowest BCUT2D eigenvalue weighted by molar-refractivity contribution is 0.0985. The summed E-state index contributed by atoms with van der Waals surface area (Å²) in [6.45, 7) is 5.64. The van der Waals surface area contributed by atoms with Gasteiger partial charge < -0.3 is 20.3 Å². The summed E-state index contributed by atoms with van der Waals surface area (Å²) in [6, 6.07) is 9.37. The number of nitrogens with zero attached hydrogens (tertiary/aromatic N) is 3. The number of hydrogen-bond donors (Lipinski definition) is 2. The first kappa shape index (κ1) is 23.0. The summed E-state index contributed by atoms with van der Waals surface area (Å²) in [5, 5.41) is 5.74. The van der Waals surface area contributed by atoms with Gasteiger partial charge in [-0.15, -0.1) is 0 Å². The van der Waals surface area contributed by atoms with Crippen LogP contribution in [-0.4, -0.2) is 62.0 Å². The molecule has 2 amide bonds. The topological polar surface area (TPSA) is 114 Å². The van der Waals surface area contributed by atoms with E-state index in [9.17, 15) is 13.2 Å². The summed E-state index contributed by atoms with van der Waals surface area (Å²) >= 11 is 0. The maximum absolute atomic E-state index is 13.0. The van der Waals surface area contributed by atoms with Crippen LogP contribution in [-0.2, 0) is 19.3 Å². The fraction of sp³-hybridized carbons (Fsp3) is 0.542. The minimum Gasteiger partial charge on any atom is -0.377 e. The van der Waals surface area contributed by atoms with Crippen LogP contribution in [0.4, 0.5) is 16.3 Å². The molecular formula is C24H31N5O4S. The van der Waals surface area contributed by atoms with Crippen molar-refractivity contribution in [1.29, 1.82) is 0 Å². The predicted molar refractivity (Wildman–Crippen MR) is 131 cm³/mol. The molecule has 2 aliphatic carbocycles. The zero-order valence-corrected chi connectivity index (χ0v) is 20.4. The maximum Gasteiger partial charge on any atom is 0.319 e. The molecule has 9 nitrogen and oxygen atoms in total. The second-order valence-corrected chi connectivity index (χ2v) is 12.0. The van der Waals surface area contributed by atoms with Crippen LogP contribution in [0.5, 0.6) is 0 Å². The SMILES string of the molecule is CCS(=O)(=O)C1(c2cc(N3CCOC[C@@H]3C)nc(-c3ccc(NC(=O)NC4CC4)cc3)n2)CC1. The number of hydrogen-bond acceptors (Lipinski definition) is 7. The average molecular weight is 486 g/mol. The van der Waals surface area contributed by atoms with Crippen LogP contribution in [0.1, 0.15) is 45.2 Å². The molecule has 0 bridgehead atoms. The highest BCUT2D eigenvalue weighted by Crippen LogP contribution is 2.53. The molecule has 0 radical (unpaired) electrons. The van der Waals surface area contributed by atoms with Crippen LogP contribution in [0.2, 0.25) is 0 Å². The molecular weight excluding hydrogens is 454 g/mol. The fourth-order valence-corrected chi connectivity index (χ4v) is 6.11. The zero-order valence-electron chi connectivity index (χ0n) is 19.6. The van der Waals surface area contributed by atoms with Crippen molar-refractivity contribution < 1.29 is 17.9 Å². The predicted octanol–water partition coefficient (Wildman–Crippen LogP) is 3.08. The Morgan fingerprint density at radius 3 is 2.56 bits per heavy atom. The number of carbonyl (C=O) groups excluding carboxylic acids is 1. The summed E-state index contributed by atoms with van der Waals surface area (Å²) in [4.78, 5) is 23.8. The van der Waals surface area contributed by atoms with E-state index in [0.29, 0.717) is 49.8 Å². The van der Waals surface area contributed by atoms with Gasteiger partial charge in [-0.3, -0.25) is 0 Å². The van der Waals surface area contributed by atoms with Gasteiger partial charge in [0.1, 0.15) is 10.6 Å². The fourth-order valence-electron chi connectivity index (χ4n) is 4.41. The number of ether oxygens (including phenoxy) is 1. The summed E-state index contributed by atoms with van der Waals surface area (Å²) in [5.41, 5.74) is 2.01. The Balaban J connectivity index is 1.48. The largest absolute Gasteiger partial charge is 0.377 e. The van der Waals surface area contributed by atoms with E-state index in [0.717, 1.165) is 24.2 Å². The van der Waals surface area contributed by atoms with Crippen LogP contribution in [0, 0.1) is 0 Å². The second-order valence-electron chi connectivity index (χ2n) is 9.40. The monoisotopic (exact) mass is 485 g/mol. The number of nitrogens with one attached hydrogen (secondary N) is 2. The molecule has 1 atom stereocenters. The highest BCUT2D eigenvalue weighted by atomic mass is 32.2. The van der Waals surface area contributed by atoms with Crippen molar-refractivity contribution in [2.24, 2.45) is 0 Å². The van der Waals surface area contributed by atoms with E-state index in [-0.39, 0.29) is 23.9 Å². The van der Waals surface area contributed by atoms with Crippen molar-refractivity contribution in [2.75, 3.05) is 35.7 Å². The maximum atomic E-state index is 13.0. The summed E-state index contributed by atoms with van der Waals surface area (Å²) in [7, 11) is -3.31. The van der Waals surface area contributed by atoms with E-state index in [1.807, 2.05) is 30.3 Å². The smallest absolute Gasteiger partial charge is 0.319 e. The molecule has 1 saturated heterocycles. The highest BCUT2D eigenvalue weighted by molar-refractivity contribution is 7.92. The Bertz CT molecular complexity index is 1180. The highest BCUT2D eigenvalue weighted by Gasteiger charge is 2.56. The van der Waals surface area contributed by atoms with Crippen LogP contribution in [0.3, 0.4) is 0 Å². The molecule has 34 heavy (non-hydrogen) atoms. The first-order valence-electron chi connectivity index (χ1n) is 12.0. The third kappa shape index (κ3) is 4.48. The first-order chi connectivity index (χ1) is 16.3. The molecule has 2 saturated carbocycles. The molecule has 10 heteroatoms. The van der Waals surface area contributed by atoms with E-state index in [4.69, 9.17) is 14.7 Å². The number of rotatable bonds is 7. The Morgan fingerprint density at radius 2 is 1.94 bits per heavy atom. The molecule has 2 heterocycles. The number of aromatic nitrogens is 2. The number of benzene rings is 1. The van der Waals surface area contributed by atoms with Crippen molar-refractivity contribution in [3.05, 3.63) is 36.0 Å². The number of urea groups is 1. The third-order valence-electron chi connectivity index (χ3n) is 6.83. The molecule has 0 unspecified atom stereocenters. The molecule has 5 rings (SSSR count). The zero-order chi connectivity index (χ0) is 23.9. The lowest BCUT2D eigenvalue weighted by Crippen LogP contribution is -2.44. The second kappa shape index (κ2) is 8.81. The lowest BCUT2D eigenvalue weighted by atomic mass is 10.1. The summed E-state index contributed by atoms with van der Waals surface area (Å²) in [5.74, 6) is 1.29. The van der Waals surface area contributed by atoms with Crippen LogP contribution in [0.25, 0.3) is 11.4 Å². The van der Waals surface area contributed by atoms with Crippen LogP contribution >= 0.6 is 0 Å². The first-order valence-corrected chi connectivity index (χ1v) is 13.6. The molecule has 1 aromatic heterocycles. The molecule has 2 aromatic rings. The van der Waals surface area contributed by atoms with E-state index < -0.39 is 14.6 Å². The van der Waals surface area contributed by atoms with Crippen molar-refractivity contribution in [3.63, 3.8) is 0 Å². The van der Waals surface area contributed by atoms with Gasteiger partial charge in [0.2, 0.25) is 0 Å². The number of sulfone groups is 1. The van der Waals surface area contributed by atoms with E-state index in [1.54, 1.807) is 6.92 Å². The summed E-state index contributed by atoms with van der Waals surface area (Å²) < 4.78 is 30.6. The van der Waals surface area contributed by atoms with Gasteiger partial charge in [-0.2, -0.15) is 0 Å². The minimum atomic E-state index is -3.31. The van der Waals surface area contributed by atoms with Crippen LogP contribution in [0.15, 0.2) is 30.3 Å². The average Bonchev–Trinajstić information content (AvgIpc) is 3.75. The molecule has 3 fully saturated rings. The van der Waals surface area contributed by atoms with Crippen LogP contribution < -0.4 is 15.5 Å². The van der Waals surface area contributed by atoms with Gasteiger partial charge in [-0.25, -0.2) is 23.2 Å². The summed E-state index contributed by atoms with van der Waals surface area (Å²) in [6.07, 6.45) is 3.21. The number of carbonyl (C=O) groups is 1. The molecule has 1 aromatic carbocycles. The number of morpholine rings is 1. The van der Waals surface area contributed by atoms with Gasteiger partial charge in [-0.05, 0) is 56.9 Å². The van der Waals surface area contributed by atoms with Crippen molar-refractivity contribution >= 4 is 27.4 Å².